The molecule has 0 spiro atoms. The zero-order valence-electron chi connectivity index (χ0n) is 14.3. The second-order valence-corrected chi connectivity index (χ2v) is 7.56. The first-order valence-corrected chi connectivity index (χ1v) is 8.06. The van der Waals surface area contributed by atoms with Crippen molar-refractivity contribution in [2.45, 2.75) is 63.6 Å². The van der Waals surface area contributed by atoms with Crippen LogP contribution in [0.5, 0.6) is 0 Å². The van der Waals surface area contributed by atoms with Crippen LogP contribution in [-0.2, 0) is 9.31 Å². The molecule has 0 amide bonds. The van der Waals surface area contributed by atoms with Crippen LogP contribution < -0.4 is 0 Å². The van der Waals surface area contributed by atoms with Crippen molar-refractivity contribution in [1.82, 2.24) is 4.98 Å². The van der Waals surface area contributed by atoms with Crippen LogP contribution in [0.1, 0.15) is 57.7 Å². The van der Waals surface area contributed by atoms with E-state index in [4.69, 9.17) is 9.31 Å². The van der Waals surface area contributed by atoms with Gasteiger partial charge in [-0.3, -0.25) is 4.98 Å². The molecule has 1 saturated carbocycles. The first-order valence-electron chi connectivity index (χ1n) is 8.06. The second-order valence-electron chi connectivity index (χ2n) is 7.56. The summed E-state index contributed by atoms with van der Waals surface area (Å²) in [5.41, 5.74) is -0.887. The molecule has 2 heterocycles. The van der Waals surface area contributed by atoms with Gasteiger partial charge in [0.05, 0.1) is 16.9 Å². The normalized spacial score (nSPS) is 25.6. The van der Waals surface area contributed by atoms with Crippen LogP contribution in [0.3, 0.4) is 0 Å². The van der Waals surface area contributed by atoms with Crippen molar-refractivity contribution in [2.24, 2.45) is 0 Å². The van der Waals surface area contributed by atoms with E-state index in [2.05, 4.69) is 4.98 Å². The number of aromatic nitrogens is 1. The first kappa shape index (κ1) is 17.5. The number of hydrogen-bond donors (Lipinski definition) is 0. The van der Waals surface area contributed by atoms with Gasteiger partial charge in [-0.1, -0.05) is 6.07 Å². The van der Waals surface area contributed by atoms with E-state index in [0.29, 0.717) is 11.3 Å². The maximum atomic E-state index is 14.6. The lowest BCUT2D eigenvalue weighted by molar-refractivity contribution is -0.0876. The Morgan fingerprint density at radius 3 is 2.33 bits per heavy atom. The van der Waals surface area contributed by atoms with Gasteiger partial charge in [-0.05, 0) is 45.4 Å². The Hall–Kier alpha value is -1.34. The summed E-state index contributed by atoms with van der Waals surface area (Å²) < 4.78 is 52.2. The highest BCUT2D eigenvalue weighted by molar-refractivity contribution is 6.54. The van der Waals surface area contributed by atoms with Gasteiger partial charge in [-0.25, -0.2) is 13.2 Å². The fraction of sp³-hybridized carbons (Fsp3) is 0.588. The average molecular weight is 339 g/mol. The molecule has 0 aromatic carbocycles. The van der Waals surface area contributed by atoms with E-state index in [1.807, 2.05) is 27.7 Å². The lowest BCUT2D eigenvalue weighted by atomic mass is 9.77. The van der Waals surface area contributed by atoms with E-state index in [0.717, 1.165) is 0 Å². The molecule has 2 fully saturated rings. The van der Waals surface area contributed by atoms with E-state index < -0.39 is 30.0 Å². The van der Waals surface area contributed by atoms with Crippen LogP contribution in [0.15, 0.2) is 24.1 Å². The fourth-order valence-corrected chi connectivity index (χ4v) is 2.92. The standard InChI is InChI=1S/C17H21BF3NO2/c1-15(2)16(3,4)24-18(23-15)13(19)8-11-6-5-7-22-14(11)12-9-17(20,21)10-12/h5-8,12H,9-10H2,1-4H3. The fourth-order valence-electron chi connectivity index (χ4n) is 2.92. The van der Waals surface area contributed by atoms with Gasteiger partial charge in [0.1, 0.15) is 5.73 Å². The SMILES string of the molecule is CC1(C)OB(C(F)=Cc2cccnc2C2CC(F)(F)C2)OC1(C)C. The van der Waals surface area contributed by atoms with Gasteiger partial charge in [0.25, 0.3) is 0 Å². The highest BCUT2D eigenvalue weighted by Crippen LogP contribution is 2.48. The Kier molecular flexibility index (Phi) is 4.08. The highest BCUT2D eigenvalue weighted by atomic mass is 19.3. The molecule has 0 atom stereocenters. The van der Waals surface area contributed by atoms with Crippen LogP contribution in [0, 0.1) is 0 Å². The van der Waals surface area contributed by atoms with Crippen molar-refractivity contribution < 1.29 is 22.5 Å². The summed E-state index contributed by atoms with van der Waals surface area (Å²) in [6, 6.07) is 3.33. The Morgan fingerprint density at radius 1 is 1.21 bits per heavy atom. The summed E-state index contributed by atoms with van der Waals surface area (Å²) in [5, 5.41) is 0. The summed E-state index contributed by atoms with van der Waals surface area (Å²) in [6.45, 7) is 7.36. The van der Waals surface area contributed by atoms with Crippen LogP contribution in [0.4, 0.5) is 13.2 Å². The minimum atomic E-state index is -2.65. The van der Waals surface area contributed by atoms with Gasteiger partial charge in [-0.2, -0.15) is 0 Å². The Bertz CT molecular complexity index is 652. The molecule has 1 saturated heterocycles. The highest BCUT2D eigenvalue weighted by Gasteiger charge is 2.53. The van der Waals surface area contributed by atoms with Crippen molar-refractivity contribution in [3.8, 4) is 0 Å². The van der Waals surface area contributed by atoms with Crippen LogP contribution in [0.25, 0.3) is 6.08 Å². The van der Waals surface area contributed by atoms with Crippen molar-refractivity contribution in [2.75, 3.05) is 0 Å². The third-order valence-electron chi connectivity index (χ3n) is 5.12. The largest absolute Gasteiger partial charge is 0.525 e. The number of hydrogen-bond acceptors (Lipinski definition) is 3. The molecule has 0 N–H and O–H groups in total. The molecule has 0 unspecified atom stereocenters. The van der Waals surface area contributed by atoms with E-state index in [1.54, 1.807) is 12.1 Å². The third kappa shape index (κ3) is 3.11. The van der Waals surface area contributed by atoms with Crippen LogP contribution in [-0.4, -0.2) is 29.2 Å². The minimum absolute atomic E-state index is 0.247. The molecule has 3 nitrogen and oxygen atoms in total. The summed E-state index contributed by atoms with van der Waals surface area (Å²) in [7, 11) is -1.11. The van der Waals surface area contributed by atoms with Gasteiger partial charge in [-0.15, -0.1) is 0 Å². The molecule has 2 aliphatic rings. The predicted molar refractivity (Wildman–Crippen MR) is 86.3 cm³/mol. The molecular weight excluding hydrogens is 318 g/mol. The summed E-state index contributed by atoms with van der Waals surface area (Å²) in [4.78, 5) is 4.18. The molecule has 1 aliphatic heterocycles. The zero-order chi connectivity index (χ0) is 17.8. The molecule has 1 aliphatic carbocycles. The predicted octanol–water partition coefficient (Wildman–Crippen LogP) is 4.54. The monoisotopic (exact) mass is 339 g/mol. The molecule has 24 heavy (non-hydrogen) atoms. The third-order valence-corrected chi connectivity index (χ3v) is 5.12. The Labute approximate surface area is 140 Å². The minimum Gasteiger partial charge on any atom is -0.398 e. The van der Waals surface area contributed by atoms with Crippen LogP contribution in [0.2, 0.25) is 0 Å². The van der Waals surface area contributed by atoms with Crippen molar-refractivity contribution in [1.29, 1.82) is 0 Å². The lowest BCUT2D eigenvalue weighted by Gasteiger charge is -2.35. The molecule has 0 bridgehead atoms. The first-order chi connectivity index (χ1) is 11.0. The van der Waals surface area contributed by atoms with Crippen LogP contribution >= 0.6 is 0 Å². The lowest BCUT2D eigenvalue weighted by Crippen LogP contribution is -2.41. The van der Waals surface area contributed by atoms with Gasteiger partial charge < -0.3 is 9.31 Å². The smallest absolute Gasteiger partial charge is 0.398 e. The van der Waals surface area contributed by atoms with Gasteiger partial charge in [0.2, 0.25) is 5.92 Å². The second kappa shape index (κ2) is 5.59. The van der Waals surface area contributed by atoms with Gasteiger partial charge in [0.15, 0.2) is 0 Å². The quantitative estimate of drug-likeness (QED) is 0.758. The molecule has 1 aromatic heterocycles. The summed E-state index contributed by atoms with van der Waals surface area (Å²) >= 11 is 0. The number of rotatable bonds is 3. The molecular formula is C17H21BF3NO2. The Morgan fingerprint density at radius 2 is 1.79 bits per heavy atom. The van der Waals surface area contributed by atoms with E-state index >= 15 is 0 Å². The molecule has 1 aromatic rings. The maximum absolute atomic E-state index is 14.6. The molecule has 7 heteroatoms. The van der Waals surface area contributed by atoms with E-state index in [1.165, 1.54) is 12.3 Å². The van der Waals surface area contributed by atoms with Crippen molar-refractivity contribution in [3.05, 3.63) is 35.3 Å². The number of nitrogens with zero attached hydrogens (tertiary/aromatic N) is 1. The van der Waals surface area contributed by atoms with Crippen molar-refractivity contribution >= 4 is 13.2 Å². The number of alkyl halides is 2. The maximum Gasteiger partial charge on any atom is 0.525 e. The summed E-state index contributed by atoms with van der Waals surface area (Å²) in [6.07, 6.45) is 2.32. The number of halogens is 3. The zero-order valence-corrected chi connectivity index (χ0v) is 14.3. The molecule has 0 radical (unpaired) electrons. The van der Waals surface area contributed by atoms with Gasteiger partial charge >= 0.3 is 7.12 Å². The Balaban J connectivity index is 1.82. The van der Waals surface area contributed by atoms with Gasteiger partial charge in [0, 0.05) is 25.0 Å². The summed E-state index contributed by atoms with van der Waals surface area (Å²) in [5.74, 6) is -2.99. The topological polar surface area (TPSA) is 31.4 Å². The molecule has 3 rings (SSSR count). The van der Waals surface area contributed by atoms with Crippen molar-refractivity contribution in [3.63, 3.8) is 0 Å². The molecule has 130 valence electrons. The van der Waals surface area contributed by atoms with E-state index in [-0.39, 0.29) is 18.8 Å². The number of pyridine rings is 1. The average Bonchev–Trinajstić information content (AvgIpc) is 2.65. The van der Waals surface area contributed by atoms with E-state index in [9.17, 15) is 13.2 Å².